The van der Waals surface area contributed by atoms with Crippen molar-refractivity contribution in [2.75, 3.05) is 0 Å². The van der Waals surface area contributed by atoms with Gasteiger partial charge < -0.3 is 5.11 Å². The van der Waals surface area contributed by atoms with Crippen LogP contribution in [0.3, 0.4) is 0 Å². The average molecular weight is 278 g/mol. The first kappa shape index (κ1) is 17.0. The third-order valence-electron chi connectivity index (χ3n) is 3.99. The summed E-state index contributed by atoms with van der Waals surface area (Å²) in [5.41, 5.74) is 0. The van der Waals surface area contributed by atoms with Crippen molar-refractivity contribution in [1.29, 1.82) is 0 Å². The summed E-state index contributed by atoms with van der Waals surface area (Å²) in [4.78, 5) is 10.3. The van der Waals surface area contributed by atoms with Gasteiger partial charge in [-0.05, 0) is 57.3 Å². The van der Waals surface area contributed by atoms with E-state index < -0.39 is 5.97 Å². The van der Waals surface area contributed by atoms with Gasteiger partial charge in [-0.2, -0.15) is 0 Å². The van der Waals surface area contributed by atoms with Crippen molar-refractivity contribution < 1.29 is 9.90 Å². The molecule has 0 aromatic carbocycles. The fourth-order valence-electron chi connectivity index (χ4n) is 2.73. The highest BCUT2D eigenvalue weighted by Crippen LogP contribution is 2.23. The Morgan fingerprint density at radius 2 is 1.75 bits per heavy atom. The third-order valence-corrected chi connectivity index (χ3v) is 3.99. The lowest BCUT2D eigenvalue weighted by Crippen LogP contribution is -1.92. The summed E-state index contributed by atoms with van der Waals surface area (Å²) in [6, 6.07) is 0. The third kappa shape index (κ3) is 9.82. The molecule has 0 aromatic heterocycles. The van der Waals surface area contributed by atoms with Crippen molar-refractivity contribution >= 4 is 5.97 Å². The van der Waals surface area contributed by atoms with E-state index in [9.17, 15) is 4.79 Å². The van der Waals surface area contributed by atoms with Gasteiger partial charge in [0, 0.05) is 6.42 Å². The van der Waals surface area contributed by atoms with Gasteiger partial charge in [0.15, 0.2) is 0 Å². The lowest BCUT2D eigenvalue weighted by molar-refractivity contribution is -0.137. The Kier molecular flexibility index (Phi) is 9.99. The Morgan fingerprint density at radius 1 is 1.05 bits per heavy atom. The minimum absolute atomic E-state index is 0.310. The maximum absolute atomic E-state index is 10.3. The molecule has 0 fully saturated rings. The van der Waals surface area contributed by atoms with E-state index in [1.807, 2.05) is 0 Å². The van der Waals surface area contributed by atoms with Gasteiger partial charge in [-0.1, -0.05) is 43.6 Å². The fourth-order valence-corrected chi connectivity index (χ4v) is 2.73. The normalized spacial score (nSPS) is 18.1. The maximum atomic E-state index is 10.3. The van der Waals surface area contributed by atoms with Crippen molar-refractivity contribution in [3.8, 4) is 0 Å². The second-order valence-electron chi connectivity index (χ2n) is 5.87. The molecule has 0 spiro atoms. The number of carboxylic acid groups (broad SMARTS) is 1. The molecule has 1 unspecified atom stereocenters. The SMILES string of the molecule is O=C(O)CCCCC=CCCCCCCC1C=CCC1. The van der Waals surface area contributed by atoms with E-state index >= 15 is 0 Å². The highest BCUT2D eigenvalue weighted by molar-refractivity contribution is 5.66. The van der Waals surface area contributed by atoms with Gasteiger partial charge in [0.25, 0.3) is 0 Å². The van der Waals surface area contributed by atoms with E-state index in [-0.39, 0.29) is 0 Å². The Balaban J connectivity index is 1.77. The number of hydrogen-bond donors (Lipinski definition) is 1. The molecule has 0 heterocycles. The quantitative estimate of drug-likeness (QED) is 0.378. The molecule has 0 aromatic rings. The number of carboxylic acids is 1. The lowest BCUT2D eigenvalue weighted by atomic mass is 10.00. The monoisotopic (exact) mass is 278 g/mol. The van der Waals surface area contributed by atoms with Crippen molar-refractivity contribution in [2.24, 2.45) is 5.92 Å². The van der Waals surface area contributed by atoms with Gasteiger partial charge in [-0.15, -0.1) is 0 Å². The summed E-state index contributed by atoms with van der Waals surface area (Å²) in [6.07, 6.45) is 23.0. The summed E-state index contributed by atoms with van der Waals surface area (Å²) in [7, 11) is 0. The van der Waals surface area contributed by atoms with Crippen LogP contribution in [0.4, 0.5) is 0 Å². The molecule has 20 heavy (non-hydrogen) atoms. The van der Waals surface area contributed by atoms with Crippen LogP contribution in [0.15, 0.2) is 24.3 Å². The van der Waals surface area contributed by atoms with Gasteiger partial charge in [0.2, 0.25) is 0 Å². The Bertz CT molecular complexity index is 305. The molecule has 0 bridgehead atoms. The van der Waals surface area contributed by atoms with E-state index in [0.29, 0.717) is 6.42 Å². The zero-order valence-corrected chi connectivity index (χ0v) is 12.7. The van der Waals surface area contributed by atoms with Crippen molar-refractivity contribution in [3.05, 3.63) is 24.3 Å². The molecular weight excluding hydrogens is 248 g/mol. The number of unbranched alkanes of at least 4 members (excludes halogenated alkanes) is 6. The van der Waals surface area contributed by atoms with Crippen LogP contribution >= 0.6 is 0 Å². The van der Waals surface area contributed by atoms with Crippen LogP contribution in [-0.4, -0.2) is 11.1 Å². The Hall–Kier alpha value is -1.05. The first-order valence-electron chi connectivity index (χ1n) is 8.32. The minimum atomic E-state index is -0.679. The molecular formula is C18H30O2. The van der Waals surface area contributed by atoms with E-state index in [2.05, 4.69) is 24.3 Å². The Labute approximate surface area is 124 Å². The summed E-state index contributed by atoms with van der Waals surface area (Å²) in [5.74, 6) is 0.197. The smallest absolute Gasteiger partial charge is 0.303 e. The van der Waals surface area contributed by atoms with Crippen LogP contribution in [-0.2, 0) is 4.79 Å². The van der Waals surface area contributed by atoms with Gasteiger partial charge in [0.1, 0.15) is 0 Å². The van der Waals surface area contributed by atoms with Crippen LogP contribution < -0.4 is 0 Å². The van der Waals surface area contributed by atoms with E-state index in [1.165, 1.54) is 51.4 Å². The zero-order chi connectivity index (χ0) is 14.5. The van der Waals surface area contributed by atoms with E-state index in [0.717, 1.165) is 25.2 Å². The number of hydrogen-bond acceptors (Lipinski definition) is 1. The van der Waals surface area contributed by atoms with Crippen molar-refractivity contribution in [1.82, 2.24) is 0 Å². The van der Waals surface area contributed by atoms with Crippen LogP contribution in [0.25, 0.3) is 0 Å². The Morgan fingerprint density at radius 3 is 2.40 bits per heavy atom. The fraction of sp³-hybridized carbons (Fsp3) is 0.722. The maximum Gasteiger partial charge on any atom is 0.303 e. The number of aliphatic carboxylic acids is 1. The molecule has 114 valence electrons. The molecule has 2 nitrogen and oxygen atoms in total. The predicted molar refractivity (Wildman–Crippen MR) is 84.8 cm³/mol. The zero-order valence-electron chi connectivity index (χ0n) is 12.7. The average Bonchev–Trinajstić information content (AvgIpc) is 2.93. The standard InChI is InChI=1S/C18H30O2/c19-18(20)16-10-8-6-4-2-1-3-5-7-9-13-17-14-11-12-15-17/h2,4,11,14,17H,1,3,5-10,12-13,15-16H2,(H,19,20). The number of rotatable bonds is 12. The van der Waals surface area contributed by atoms with Gasteiger partial charge in [-0.3, -0.25) is 4.79 Å². The van der Waals surface area contributed by atoms with Crippen LogP contribution in [0.1, 0.15) is 77.0 Å². The molecule has 0 saturated heterocycles. The summed E-state index contributed by atoms with van der Waals surface area (Å²) in [6.45, 7) is 0. The van der Waals surface area contributed by atoms with Crippen molar-refractivity contribution in [3.63, 3.8) is 0 Å². The molecule has 0 amide bonds. The van der Waals surface area contributed by atoms with E-state index in [4.69, 9.17) is 5.11 Å². The largest absolute Gasteiger partial charge is 0.481 e. The summed E-state index contributed by atoms with van der Waals surface area (Å²) >= 11 is 0. The molecule has 1 N–H and O–H groups in total. The first-order chi connectivity index (χ1) is 9.79. The summed E-state index contributed by atoms with van der Waals surface area (Å²) < 4.78 is 0. The second kappa shape index (κ2) is 11.7. The van der Waals surface area contributed by atoms with Crippen molar-refractivity contribution in [2.45, 2.75) is 77.0 Å². The topological polar surface area (TPSA) is 37.3 Å². The van der Waals surface area contributed by atoms with Crippen LogP contribution in [0.5, 0.6) is 0 Å². The molecule has 1 aliphatic carbocycles. The highest BCUT2D eigenvalue weighted by atomic mass is 16.4. The van der Waals surface area contributed by atoms with E-state index in [1.54, 1.807) is 0 Å². The van der Waals surface area contributed by atoms with Gasteiger partial charge >= 0.3 is 5.97 Å². The van der Waals surface area contributed by atoms with Crippen LogP contribution in [0.2, 0.25) is 0 Å². The first-order valence-corrected chi connectivity index (χ1v) is 8.32. The van der Waals surface area contributed by atoms with Crippen LogP contribution in [0, 0.1) is 5.92 Å². The molecule has 0 aliphatic heterocycles. The molecule has 0 saturated carbocycles. The van der Waals surface area contributed by atoms with Gasteiger partial charge in [0.05, 0.1) is 0 Å². The highest BCUT2D eigenvalue weighted by Gasteiger charge is 2.07. The number of allylic oxidation sites excluding steroid dienone is 4. The molecule has 2 heteroatoms. The number of carbonyl (C=O) groups is 1. The summed E-state index contributed by atoms with van der Waals surface area (Å²) in [5, 5.41) is 8.50. The minimum Gasteiger partial charge on any atom is -0.481 e. The molecule has 0 radical (unpaired) electrons. The molecule has 1 aliphatic rings. The van der Waals surface area contributed by atoms with Gasteiger partial charge in [-0.25, -0.2) is 0 Å². The molecule has 1 rings (SSSR count). The lowest BCUT2D eigenvalue weighted by Gasteiger charge is -2.06. The second-order valence-corrected chi connectivity index (χ2v) is 5.87. The predicted octanol–water partition coefficient (Wildman–Crippen LogP) is 5.49. The molecule has 1 atom stereocenters.